The van der Waals surface area contributed by atoms with E-state index in [-0.39, 0.29) is 5.54 Å². The zero-order valence-electron chi connectivity index (χ0n) is 11.7. The molecule has 0 bridgehead atoms. The number of halogens is 1. The molecule has 2 unspecified atom stereocenters. The summed E-state index contributed by atoms with van der Waals surface area (Å²) in [5.74, 6) is 1.67. The molecule has 1 aromatic carbocycles. The van der Waals surface area contributed by atoms with E-state index in [1.165, 1.54) is 24.8 Å². The van der Waals surface area contributed by atoms with Crippen LogP contribution in [0, 0.1) is 11.8 Å². The molecule has 100 valence electrons. The molecule has 18 heavy (non-hydrogen) atoms. The summed E-state index contributed by atoms with van der Waals surface area (Å²) in [5, 5.41) is 4.48. The van der Waals surface area contributed by atoms with Gasteiger partial charge in [-0.05, 0) is 76.1 Å². The van der Waals surface area contributed by atoms with E-state index in [1.54, 1.807) is 0 Å². The van der Waals surface area contributed by atoms with E-state index in [9.17, 15) is 0 Å². The third-order valence-electron chi connectivity index (χ3n) is 3.86. The summed E-state index contributed by atoms with van der Waals surface area (Å²) in [7, 11) is 0. The van der Waals surface area contributed by atoms with Crippen molar-refractivity contribution in [3.05, 3.63) is 34.9 Å². The third kappa shape index (κ3) is 4.00. The molecule has 0 spiro atoms. The van der Waals surface area contributed by atoms with Gasteiger partial charge in [-0.1, -0.05) is 23.7 Å². The summed E-state index contributed by atoms with van der Waals surface area (Å²) in [6, 6.07) is 8.30. The van der Waals surface area contributed by atoms with Gasteiger partial charge in [-0.15, -0.1) is 0 Å². The van der Waals surface area contributed by atoms with Crippen LogP contribution in [0.15, 0.2) is 24.3 Å². The highest BCUT2D eigenvalue weighted by atomic mass is 35.5. The Kier molecular flexibility index (Phi) is 4.34. The Hall–Kier alpha value is -0.530. The molecular weight excluding hydrogens is 242 g/mol. The molecule has 1 N–H and O–H groups in total. The van der Waals surface area contributed by atoms with Crippen molar-refractivity contribution in [2.75, 3.05) is 6.54 Å². The van der Waals surface area contributed by atoms with Crippen LogP contribution in [0.25, 0.3) is 0 Å². The van der Waals surface area contributed by atoms with Crippen LogP contribution in [0.5, 0.6) is 0 Å². The fourth-order valence-corrected chi connectivity index (χ4v) is 2.79. The van der Waals surface area contributed by atoms with Crippen LogP contribution in [0.2, 0.25) is 5.02 Å². The van der Waals surface area contributed by atoms with Gasteiger partial charge in [0.2, 0.25) is 0 Å². The molecule has 0 radical (unpaired) electrons. The summed E-state index contributed by atoms with van der Waals surface area (Å²) >= 11 is 6.03. The fraction of sp³-hybridized carbons (Fsp3) is 0.625. The Morgan fingerprint density at radius 1 is 1.22 bits per heavy atom. The smallest absolute Gasteiger partial charge is 0.0408 e. The third-order valence-corrected chi connectivity index (χ3v) is 4.09. The van der Waals surface area contributed by atoms with E-state index in [1.807, 2.05) is 6.07 Å². The first-order valence-electron chi connectivity index (χ1n) is 6.93. The Bertz CT molecular complexity index is 394. The van der Waals surface area contributed by atoms with Crippen LogP contribution in [-0.2, 0) is 6.42 Å². The Morgan fingerprint density at radius 2 is 1.94 bits per heavy atom. The van der Waals surface area contributed by atoms with Crippen LogP contribution in [0.4, 0.5) is 0 Å². The molecule has 2 atom stereocenters. The summed E-state index contributed by atoms with van der Waals surface area (Å²) in [5.41, 5.74) is 1.61. The van der Waals surface area contributed by atoms with Crippen molar-refractivity contribution in [2.24, 2.45) is 11.8 Å². The Labute approximate surface area is 116 Å². The monoisotopic (exact) mass is 265 g/mol. The zero-order valence-corrected chi connectivity index (χ0v) is 12.4. The molecular formula is C16H24ClN. The van der Waals surface area contributed by atoms with Crippen LogP contribution in [0.1, 0.15) is 39.2 Å². The highest BCUT2D eigenvalue weighted by molar-refractivity contribution is 6.30. The highest BCUT2D eigenvalue weighted by Crippen LogP contribution is 2.36. The van der Waals surface area contributed by atoms with Crippen molar-refractivity contribution in [2.45, 2.75) is 45.6 Å². The number of hydrogen-bond donors (Lipinski definition) is 1. The van der Waals surface area contributed by atoms with Gasteiger partial charge < -0.3 is 5.32 Å². The molecule has 1 saturated carbocycles. The predicted molar refractivity (Wildman–Crippen MR) is 79.1 cm³/mol. The first-order valence-corrected chi connectivity index (χ1v) is 7.31. The Balaban J connectivity index is 1.84. The SMILES string of the molecule is CC(C)(C)NCC1CCC1Cc1cccc(Cl)c1. The number of rotatable bonds is 4. The predicted octanol–water partition coefficient (Wildman–Crippen LogP) is 4.30. The van der Waals surface area contributed by atoms with E-state index in [4.69, 9.17) is 11.6 Å². The number of hydrogen-bond acceptors (Lipinski definition) is 1. The van der Waals surface area contributed by atoms with Gasteiger partial charge in [-0.2, -0.15) is 0 Å². The molecule has 1 aliphatic rings. The molecule has 1 aromatic rings. The largest absolute Gasteiger partial charge is 0.312 e. The van der Waals surface area contributed by atoms with Gasteiger partial charge in [0.05, 0.1) is 0 Å². The standard InChI is InChI=1S/C16H24ClN/c1-16(2,3)18-11-14-8-7-13(14)9-12-5-4-6-15(17)10-12/h4-6,10,13-14,18H,7-9,11H2,1-3H3. The maximum atomic E-state index is 6.03. The first kappa shape index (κ1) is 13.9. The summed E-state index contributed by atoms with van der Waals surface area (Å²) in [6.45, 7) is 7.85. The van der Waals surface area contributed by atoms with Gasteiger partial charge in [0.1, 0.15) is 0 Å². The maximum Gasteiger partial charge on any atom is 0.0408 e. The van der Waals surface area contributed by atoms with Gasteiger partial charge in [0.15, 0.2) is 0 Å². The lowest BCUT2D eigenvalue weighted by atomic mass is 9.70. The Morgan fingerprint density at radius 3 is 2.50 bits per heavy atom. The minimum Gasteiger partial charge on any atom is -0.312 e. The summed E-state index contributed by atoms with van der Waals surface area (Å²) < 4.78 is 0. The second-order valence-corrected chi connectivity index (χ2v) is 7.00. The van der Waals surface area contributed by atoms with Gasteiger partial charge >= 0.3 is 0 Å². The van der Waals surface area contributed by atoms with Crippen LogP contribution in [0.3, 0.4) is 0 Å². The second-order valence-electron chi connectivity index (χ2n) is 6.56. The molecule has 1 fully saturated rings. The van der Waals surface area contributed by atoms with Gasteiger partial charge in [-0.3, -0.25) is 0 Å². The maximum absolute atomic E-state index is 6.03. The number of benzene rings is 1. The molecule has 1 aliphatic carbocycles. The summed E-state index contributed by atoms with van der Waals surface area (Å²) in [6.07, 6.45) is 3.91. The average molecular weight is 266 g/mol. The van der Waals surface area contributed by atoms with Crippen molar-refractivity contribution < 1.29 is 0 Å². The van der Waals surface area contributed by atoms with Gasteiger partial charge in [-0.25, -0.2) is 0 Å². The minimum absolute atomic E-state index is 0.232. The molecule has 0 amide bonds. The van der Waals surface area contributed by atoms with Crippen molar-refractivity contribution in [1.82, 2.24) is 5.32 Å². The molecule has 0 aromatic heterocycles. The van der Waals surface area contributed by atoms with E-state index in [0.717, 1.165) is 23.4 Å². The topological polar surface area (TPSA) is 12.0 Å². The van der Waals surface area contributed by atoms with Gasteiger partial charge in [0.25, 0.3) is 0 Å². The average Bonchev–Trinajstić information content (AvgIpc) is 2.23. The van der Waals surface area contributed by atoms with E-state index < -0.39 is 0 Å². The lowest BCUT2D eigenvalue weighted by Crippen LogP contribution is -2.44. The minimum atomic E-state index is 0.232. The van der Waals surface area contributed by atoms with Crippen LogP contribution < -0.4 is 5.32 Å². The van der Waals surface area contributed by atoms with E-state index in [0.29, 0.717) is 0 Å². The lowest BCUT2D eigenvalue weighted by molar-refractivity contribution is 0.159. The lowest BCUT2D eigenvalue weighted by Gasteiger charge is -2.39. The second kappa shape index (κ2) is 5.63. The van der Waals surface area contributed by atoms with E-state index >= 15 is 0 Å². The van der Waals surface area contributed by atoms with Crippen LogP contribution in [-0.4, -0.2) is 12.1 Å². The fourth-order valence-electron chi connectivity index (χ4n) is 2.58. The summed E-state index contributed by atoms with van der Waals surface area (Å²) in [4.78, 5) is 0. The van der Waals surface area contributed by atoms with Gasteiger partial charge in [0, 0.05) is 10.6 Å². The number of nitrogens with one attached hydrogen (secondary N) is 1. The molecule has 0 heterocycles. The highest BCUT2D eigenvalue weighted by Gasteiger charge is 2.31. The molecule has 2 rings (SSSR count). The zero-order chi connectivity index (χ0) is 13.2. The molecule has 2 heteroatoms. The molecule has 0 saturated heterocycles. The van der Waals surface area contributed by atoms with E-state index in [2.05, 4.69) is 44.3 Å². The molecule has 1 nitrogen and oxygen atoms in total. The first-order chi connectivity index (χ1) is 8.44. The van der Waals surface area contributed by atoms with Crippen molar-refractivity contribution >= 4 is 11.6 Å². The van der Waals surface area contributed by atoms with Crippen molar-refractivity contribution in [3.8, 4) is 0 Å². The normalized spacial score (nSPS) is 23.8. The van der Waals surface area contributed by atoms with Crippen LogP contribution >= 0.6 is 11.6 Å². The van der Waals surface area contributed by atoms with Crippen molar-refractivity contribution in [1.29, 1.82) is 0 Å². The quantitative estimate of drug-likeness (QED) is 0.856. The van der Waals surface area contributed by atoms with Crippen molar-refractivity contribution in [3.63, 3.8) is 0 Å². The molecule has 0 aliphatic heterocycles.